The molecule has 31 heavy (non-hydrogen) atoms. The summed E-state index contributed by atoms with van der Waals surface area (Å²) >= 11 is 0. The molecule has 3 aromatic rings. The van der Waals surface area contributed by atoms with Gasteiger partial charge in [-0.3, -0.25) is 4.79 Å². The maximum absolute atomic E-state index is 12.7. The molecule has 0 aliphatic carbocycles. The average molecular weight is 421 g/mol. The molecule has 3 rings (SSSR count). The van der Waals surface area contributed by atoms with E-state index in [0.29, 0.717) is 30.0 Å². The SMILES string of the molecule is CCOc1ccccc1NC(=O)C(CC)OC(=O)c1ccc(-c2nc(C)c(C)[nH]2)cc1. The molecule has 2 aromatic carbocycles. The summed E-state index contributed by atoms with van der Waals surface area (Å²) in [5.41, 5.74) is 3.70. The lowest BCUT2D eigenvalue weighted by atomic mass is 10.1. The molecule has 0 aliphatic rings. The molecule has 7 nitrogen and oxygen atoms in total. The lowest BCUT2D eigenvalue weighted by molar-refractivity contribution is -0.124. The third-order valence-electron chi connectivity index (χ3n) is 4.88. The highest BCUT2D eigenvalue weighted by molar-refractivity contribution is 5.98. The van der Waals surface area contributed by atoms with E-state index in [4.69, 9.17) is 9.47 Å². The van der Waals surface area contributed by atoms with Gasteiger partial charge in [-0.05, 0) is 51.5 Å². The van der Waals surface area contributed by atoms with Gasteiger partial charge < -0.3 is 19.8 Å². The Balaban J connectivity index is 1.67. The molecule has 1 atom stereocenters. The fraction of sp³-hybridized carbons (Fsp3) is 0.292. The molecule has 0 fully saturated rings. The zero-order valence-electron chi connectivity index (χ0n) is 18.2. The summed E-state index contributed by atoms with van der Waals surface area (Å²) in [6.45, 7) is 8.03. The van der Waals surface area contributed by atoms with Crippen molar-refractivity contribution >= 4 is 17.6 Å². The minimum absolute atomic E-state index is 0.345. The van der Waals surface area contributed by atoms with Crippen LogP contribution in [0.2, 0.25) is 0 Å². The normalized spacial score (nSPS) is 11.6. The van der Waals surface area contributed by atoms with Gasteiger partial charge in [-0.25, -0.2) is 9.78 Å². The van der Waals surface area contributed by atoms with E-state index < -0.39 is 18.0 Å². The summed E-state index contributed by atoms with van der Waals surface area (Å²) in [6.07, 6.45) is -0.575. The molecule has 0 bridgehead atoms. The topological polar surface area (TPSA) is 93.3 Å². The Morgan fingerprint density at radius 3 is 2.39 bits per heavy atom. The van der Waals surface area contributed by atoms with Crippen LogP contribution < -0.4 is 10.1 Å². The van der Waals surface area contributed by atoms with E-state index >= 15 is 0 Å². The van der Waals surface area contributed by atoms with Crippen molar-refractivity contribution in [2.24, 2.45) is 0 Å². The third kappa shape index (κ3) is 5.31. The zero-order valence-corrected chi connectivity index (χ0v) is 18.2. The summed E-state index contributed by atoms with van der Waals surface area (Å²) in [6, 6.07) is 14.1. The van der Waals surface area contributed by atoms with E-state index in [-0.39, 0.29) is 0 Å². The van der Waals surface area contributed by atoms with E-state index in [9.17, 15) is 9.59 Å². The first kappa shape index (κ1) is 22.1. The van der Waals surface area contributed by atoms with Crippen molar-refractivity contribution in [2.45, 2.75) is 40.2 Å². The monoisotopic (exact) mass is 421 g/mol. The molecule has 162 valence electrons. The first-order valence-electron chi connectivity index (χ1n) is 10.3. The molecule has 0 saturated heterocycles. The van der Waals surface area contributed by atoms with Crippen LogP contribution in [0.3, 0.4) is 0 Å². The highest BCUT2D eigenvalue weighted by Crippen LogP contribution is 2.24. The lowest BCUT2D eigenvalue weighted by Crippen LogP contribution is -2.32. The van der Waals surface area contributed by atoms with E-state index in [1.165, 1.54) is 0 Å². The lowest BCUT2D eigenvalue weighted by Gasteiger charge is -2.17. The number of H-pyrrole nitrogens is 1. The van der Waals surface area contributed by atoms with Gasteiger partial charge in [-0.15, -0.1) is 0 Å². The predicted molar refractivity (Wildman–Crippen MR) is 119 cm³/mol. The van der Waals surface area contributed by atoms with Gasteiger partial charge in [0.05, 0.1) is 23.6 Å². The van der Waals surface area contributed by atoms with Gasteiger partial charge in [-0.2, -0.15) is 0 Å². The van der Waals surface area contributed by atoms with Crippen molar-refractivity contribution in [2.75, 3.05) is 11.9 Å². The van der Waals surface area contributed by atoms with Crippen LogP contribution in [0.25, 0.3) is 11.4 Å². The van der Waals surface area contributed by atoms with Crippen LogP contribution in [0, 0.1) is 13.8 Å². The largest absolute Gasteiger partial charge is 0.492 e. The van der Waals surface area contributed by atoms with Crippen LogP contribution in [0.4, 0.5) is 5.69 Å². The Hall–Kier alpha value is -3.61. The maximum atomic E-state index is 12.7. The Kier molecular flexibility index (Phi) is 7.07. The first-order chi connectivity index (χ1) is 14.9. The highest BCUT2D eigenvalue weighted by Gasteiger charge is 2.23. The molecule has 0 radical (unpaired) electrons. The van der Waals surface area contributed by atoms with Gasteiger partial charge >= 0.3 is 5.97 Å². The summed E-state index contributed by atoms with van der Waals surface area (Å²) in [5.74, 6) is 0.354. The maximum Gasteiger partial charge on any atom is 0.338 e. The van der Waals surface area contributed by atoms with E-state index in [1.54, 1.807) is 49.4 Å². The number of hydrogen-bond acceptors (Lipinski definition) is 5. The Morgan fingerprint density at radius 1 is 1.06 bits per heavy atom. The van der Waals surface area contributed by atoms with Crippen LogP contribution in [0.15, 0.2) is 48.5 Å². The van der Waals surface area contributed by atoms with E-state index in [0.717, 1.165) is 22.8 Å². The molecule has 1 unspecified atom stereocenters. The Morgan fingerprint density at radius 2 is 1.77 bits per heavy atom. The van der Waals surface area contributed by atoms with Gasteiger partial charge in [0.2, 0.25) is 0 Å². The van der Waals surface area contributed by atoms with Crippen LogP contribution >= 0.6 is 0 Å². The van der Waals surface area contributed by atoms with Crippen molar-refractivity contribution in [1.82, 2.24) is 9.97 Å². The number of para-hydroxylation sites is 2. The predicted octanol–water partition coefficient (Wildman–Crippen LogP) is 4.67. The molecule has 7 heteroatoms. The van der Waals surface area contributed by atoms with Crippen molar-refractivity contribution in [3.05, 3.63) is 65.5 Å². The summed E-state index contributed by atoms with van der Waals surface area (Å²) < 4.78 is 11.0. The minimum atomic E-state index is -0.919. The number of benzene rings is 2. The first-order valence-corrected chi connectivity index (χ1v) is 10.3. The third-order valence-corrected chi connectivity index (χ3v) is 4.88. The summed E-state index contributed by atoms with van der Waals surface area (Å²) in [4.78, 5) is 33.0. The van der Waals surface area contributed by atoms with Gasteiger partial charge in [-0.1, -0.05) is 31.2 Å². The van der Waals surface area contributed by atoms with Crippen molar-refractivity contribution in [3.63, 3.8) is 0 Å². The molecular formula is C24H27N3O4. The average Bonchev–Trinajstić information content (AvgIpc) is 3.11. The molecule has 1 aromatic heterocycles. The molecule has 0 spiro atoms. The number of nitrogens with zero attached hydrogens (tertiary/aromatic N) is 1. The second kappa shape index (κ2) is 9.93. The number of amides is 1. The van der Waals surface area contributed by atoms with Gasteiger partial charge in [0.1, 0.15) is 11.6 Å². The molecule has 1 amide bonds. The number of aromatic nitrogens is 2. The number of anilines is 1. The van der Waals surface area contributed by atoms with E-state index in [1.807, 2.05) is 26.8 Å². The second-order valence-electron chi connectivity index (χ2n) is 7.09. The summed E-state index contributed by atoms with van der Waals surface area (Å²) in [7, 11) is 0. The zero-order chi connectivity index (χ0) is 22.4. The molecular weight excluding hydrogens is 394 g/mol. The fourth-order valence-corrected chi connectivity index (χ4v) is 3.03. The highest BCUT2D eigenvalue weighted by atomic mass is 16.5. The number of rotatable bonds is 8. The number of nitrogens with one attached hydrogen (secondary N) is 2. The van der Waals surface area contributed by atoms with Crippen molar-refractivity contribution in [3.8, 4) is 17.1 Å². The van der Waals surface area contributed by atoms with Crippen molar-refractivity contribution in [1.29, 1.82) is 0 Å². The molecule has 0 aliphatic heterocycles. The number of aryl methyl sites for hydroxylation is 2. The number of esters is 1. The second-order valence-corrected chi connectivity index (χ2v) is 7.09. The molecule has 1 heterocycles. The van der Waals surface area contributed by atoms with Crippen LogP contribution in [-0.2, 0) is 9.53 Å². The smallest absolute Gasteiger partial charge is 0.338 e. The van der Waals surface area contributed by atoms with Gasteiger partial charge in [0.25, 0.3) is 5.91 Å². The Labute approximate surface area is 181 Å². The standard InChI is InChI=1S/C24H27N3O4/c1-5-20(23(28)27-19-9-7-8-10-21(19)30-6-2)31-24(29)18-13-11-17(12-14-18)22-25-15(3)16(4)26-22/h7-14,20H,5-6H2,1-4H3,(H,25,26)(H,27,28). The quantitative estimate of drug-likeness (QED) is 0.516. The minimum Gasteiger partial charge on any atom is -0.492 e. The fourth-order valence-electron chi connectivity index (χ4n) is 3.03. The van der Waals surface area contributed by atoms with Crippen LogP contribution in [0.1, 0.15) is 42.0 Å². The number of hydrogen-bond donors (Lipinski definition) is 2. The number of carbonyl (C=O) groups excluding carboxylic acids is 2. The summed E-state index contributed by atoms with van der Waals surface area (Å²) in [5, 5.41) is 2.79. The van der Waals surface area contributed by atoms with Gasteiger partial charge in [0.15, 0.2) is 6.10 Å². The number of carbonyl (C=O) groups is 2. The van der Waals surface area contributed by atoms with Crippen molar-refractivity contribution < 1.29 is 19.1 Å². The number of ether oxygens (including phenoxy) is 2. The molecule has 2 N–H and O–H groups in total. The number of aromatic amines is 1. The van der Waals surface area contributed by atoms with E-state index in [2.05, 4.69) is 15.3 Å². The molecule has 0 saturated carbocycles. The van der Waals surface area contributed by atoms with Crippen LogP contribution in [-0.4, -0.2) is 34.6 Å². The Bertz CT molecular complexity index is 1040. The number of imidazole rings is 1. The van der Waals surface area contributed by atoms with Gasteiger partial charge in [0, 0.05) is 11.3 Å². The van der Waals surface area contributed by atoms with Crippen LogP contribution in [0.5, 0.6) is 5.75 Å².